The molecular formula is C16H21ClN2O. The van der Waals surface area contributed by atoms with E-state index in [1.165, 1.54) is 12.0 Å². The summed E-state index contributed by atoms with van der Waals surface area (Å²) in [4.78, 5) is 14.6. The first kappa shape index (κ1) is 13.9. The third-order valence-electron chi connectivity index (χ3n) is 4.40. The van der Waals surface area contributed by atoms with E-state index >= 15 is 0 Å². The van der Waals surface area contributed by atoms with Crippen molar-refractivity contribution in [2.45, 2.75) is 31.2 Å². The van der Waals surface area contributed by atoms with Crippen LogP contribution in [0.3, 0.4) is 0 Å². The summed E-state index contributed by atoms with van der Waals surface area (Å²) in [5.74, 6) is 0.766. The fraction of sp³-hybridized carbons (Fsp3) is 0.562. The van der Waals surface area contributed by atoms with Crippen LogP contribution in [0, 0.1) is 5.92 Å². The highest BCUT2D eigenvalue weighted by atomic mass is 35.5. The van der Waals surface area contributed by atoms with Gasteiger partial charge < -0.3 is 10.2 Å². The minimum Gasteiger partial charge on any atom is -0.352 e. The molecule has 1 aromatic carbocycles. The van der Waals surface area contributed by atoms with Crippen LogP contribution in [0.25, 0.3) is 0 Å². The quantitative estimate of drug-likeness (QED) is 0.929. The van der Waals surface area contributed by atoms with E-state index in [1.807, 2.05) is 24.3 Å². The van der Waals surface area contributed by atoms with Gasteiger partial charge in [0.15, 0.2) is 0 Å². The van der Waals surface area contributed by atoms with Crippen LogP contribution in [-0.2, 0) is 4.79 Å². The van der Waals surface area contributed by atoms with Gasteiger partial charge in [-0.3, -0.25) is 4.79 Å². The lowest BCUT2D eigenvalue weighted by Gasteiger charge is -2.30. The van der Waals surface area contributed by atoms with Crippen molar-refractivity contribution in [3.8, 4) is 0 Å². The molecule has 1 aliphatic carbocycles. The maximum absolute atomic E-state index is 12.3. The Morgan fingerprint density at radius 1 is 1.35 bits per heavy atom. The molecule has 1 saturated heterocycles. The maximum atomic E-state index is 12.3. The number of amides is 1. The standard InChI is InChI=1S/C16H21ClN2O/c1-19-8-2-3-13(10-19)18-16(20)15-9-14(15)11-4-6-12(17)7-5-11/h4-7,13-15H,2-3,8-10H2,1H3,(H,18,20)/t13-,14-,15+/m0/s1. The molecule has 3 atom stereocenters. The van der Waals surface area contributed by atoms with Crippen molar-refractivity contribution in [1.29, 1.82) is 0 Å². The van der Waals surface area contributed by atoms with Crippen LogP contribution in [0.4, 0.5) is 0 Å². The predicted molar refractivity (Wildman–Crippen MR) is 81.0 cm³/mol. The Labute approximate surface area is 125 Å². The average Bonchev–Trinajstić information content (AvgIpc) is 3.20. The van der Waals surface area contributed by atoms with Gasteiger partial charge in [0, 0.05) is 23.5 Å². The number of nitrogens with zero attached hydrogens (tertiary/aromatic N) is 1. The van der Waals surface area contributed by atoms with E-state index in [0.29, 0.717) is 12.0 Å². The highest BCUT2D eigenvalue weighted by molar-refractivity contribution is 6.30. The molecule has 1 N–H and O–H groups in total. The minimum atomic E-state index is 0.156. The highest BCUT2D eigenvalue weighted by Crippen LogP contribution is 2.47. The summed E-state index contributed by atoms with van der Waals surface area (Å²) in [5, 5.41) is 3.97. The van der Waals surface area contributed by atoms with Crippen molar-refractivity contribution in [2.24, 2.45) is 5.92 Å². The Kier molecular flexibility index (Phi) is 3.99. The van der Waals surface area contributed by atoms with Gasteiger partial charge >= 0.3 is 0 Å². The second-order valence-electron chi connectivity index (χ2n) is 6.11. The summed E-state index contributed by atoms with van der Waals surface area (Å²) in [6, 6.07) is 8.21. The molecule has 1 aromatic rings. The molecule has 1 saturated carbocycles. The Hall–Kier alpha value is -1.06. The van der Waals surface area contributed by atoms with Gasteiger partial charge in [-0.25, -0.2) is 0 Å². The number of carbonyl (C=O) groups is 1. The van der Waals surface area contributed by atoms with Crippen LogP contribution in [0.15, 0.2) is 24.3 Å². The third kappa shape index (κ3) is 3.15. The molecular weight excluding hydrogens is 272 g/mol. The monoisotopic (exact) mass is 292 g/mol. The van der Waals surface area contributed by atoms with Crippen molar-refractivity contribution in [3.05, 3.63) is 34.9 Å². The van der Waals surface area contributed by atoms with E-state index in [2.05, 4.69) is 17.3 Å². The molecule has 2 aliphatic rings. The van der Waals surface area contributed by atoms with Gasteiger partial charge in [0.2, 0.25) is 5.91 Å². The molecule has 1 heterocycles. The number of carbonyl (C=O) groups excluding carboxylic acids is 1. The SMILES string of the molecule is CN1CCC[C@H](NC(=O)[C@@H]2C[C@H]2c2ccc(Cl)cc2)C1. The molecule has 108 valence electrons. The fourth-order valence-electron chi connectivity index (χ4n) is 3.16. The van der Waals surface area contributed by atoms with Crippen LogP contribution in [0.1, 0.15) is 30.7 Å². The van der Waals surface area contributed by atoms with Crippen LogP contribution in [0.2, 0.25) is 5.02 Å². The number of rotatable bonds is 3. The Bertz CT molecular complexity index is 488. The van der Waals surface area contributed by atoms with E-state index in [0.717, 1.165) is 31.0 Å². The van der Waals surface area contributed by atoms with Gasteiger partial charge in [-0.05, 0) is 56.5 Å². The minimum absolute atomic E-state index is 0.156. The Morgan fingerprint density at radius 3 is 2.80 bits per heavy atom. The van der Waals surface area contributed by atoms with Gasteiger partial charge in [-0.1, -0.05) is 23.7 Å². The van der Waals surface area contributed by atoms with E-state index in [9.17, 15) is 4.79 Å². The zero-order valence-electron chi connectivity index (χ0n) is 11.8. The molecule has 0 radical (unpaired) electrons. The lowest BCUT2D eigenvalue weighted by Crippen LogP contribution is -2.46. The normalized spacial score (nSPS) is 30.0. The van der Waals surface area contributed by atoms with Crippen molar-refractivity contribution in [3.63, 3.8) is 0 Å². The molecule has 20 heavy (non-hydrogen) atoms. The maximum Gasteiger partial charge on any atom is 0.224 e. The van der Waals surface area contributed by atoms with Crippen molar-refractivity contribution >= 4 is 17.5 Å². The second-order valence-corrected chi connectivity index (χ2v) is 6.55. The van der Waals surface area contributed by atoms with Gasteiger partial charge in [0.25, 0.3) is 0 Å². The predicted octanol–water partition coefficient (Wildman–Crippen LogP) is 2.65. The van der Waals surface area contributed by atoms with E-state index in [1.54, 1.807) is 0 Å². The number of likely N-dealkylation sites (tertiary alicyclic amines) is 1. The number of hydrogen-bond acceptors (Lipinski definition) is 2. The zero-order valence-corrected chi connectivity index (χ0v) is 12.6. The molecule has 3 rings (SSSR count). The Morgan fingerprint density at radius 2 is 2.10 bits per heavy atom. The molecule has 0 aromatic heterocycles. The molecule has 1 amide bonds. The number of piperidine rings is 1. The number of halogens is 1. The lowest BCUT2D eigenvalue weighted by atomic mass is 10.1. The third-order valence-corrected chi connectivity index (χ3v) is 4.65. The molecule has 2 fully saturated rings. The molecule has 4 heteroatoms. The molecule has 0 spiro atoms. The number of likely N-dealkylation sites (N-methyl/N-ethyl adjacent to an activating group) is 1. The zero-order chi connectivity index (χ0) is 14.1. The summed E-state index contributed by atoms with van der Waals surface area (Å²) >= 11 is 5.89. The average molecular weight is 293 g/mol. The Balaban J connectivity index is 1.53. The van der Waals surface area contributed by atoms with Crippen LogP contribution < -0.4 is 5.32 Å². The number of hydrogen-bond donors (Lipinski definition) is 1. The van der Waals surface area contributed by atoms with Crippen molar-refractivity contribution in [2.75, 3.05) is 20.1 Å². The summed E-state index contributed by atoms with van der Waals surface area (Å²) in [6.07, 6.45) is 3.25. The van der Waals surface area contributed by atoms with E-state index in [-0.39, 0.29) is 11.8 Å². The van der Waals surface area contributed by atoms with Crippen LogP contribution in [0.5, 0.6) is 0 Å². The van der Waals surface area contributed by atoms with E-state index in [4.69, 9.17) is 11.6 Å². The molecule has 0 bridgehead atoms. The molecule has 1 aliphatic heterocycles. The summed E-state index contributed by atoms with van der Waals surface area (Å²) in [6.45, 7) is 2.12. The molecule has 3 nitrogen and oxygen atoms in total. The fourth-order valence-corrected chi connectivity index (χ4v) is 3.28. The first-order valence-corrected chi connectivity index (χ1v) is 7.75. The van der Waals surface area contributed by atoms with E-state index < -0.39 is 0 Å². The summed E-state index contributed by atoms with van der Waals surface area (Å²) in [5.41, 5.74) is 1.23. The van der Waals surface area contributed by atoms with Crippen molar-refractivity contribution in [1.82, 2.24) is 10.2 Å². The number of nitrogens with one attached hydrogen (secondary N) is 1. The highest BCUT2D eigenvalue weighted by Gasteiger charge is 2.44. The summed E-state index contributed by atoms with van der Waals surface area (Å²) in [7, 11) is 2.12. The van der Waals surface area contributed by atoms with Crippen LogP contribution in [-0.4, -0.2) is 37.0 Å². The number of benzene rings is 1. The lowest BCUT2D eigenvalue weighted by molar-refractivity contribution is -0.123. The molecule has 0 unspecified atom stereocenters. The smallest absolute Gasteiger partial charge is 0.224 e. The van der Waals surface area contributed by atoms with Gasteiger partial charge in [-0.2, -0.15) is 0 Å². The topological polar surface area (TPSA) is 32.3 Å². The second kappa shape index (κ2) is 5.74. The van der Waals surface area contributed by atoms with Gasteiger partial charge in [-0.15, -0.1) is 0 Å². The van der Waals surface area contributed by atoms with Crippen molar-refractivity contribution < 1.29 is 4.79 Å². The first-order chi connectivity index (χ1) is 9.63. The van der Waals surface area contributed by atoms with Gasteiger partial charge in [0.05, 0.1) is 0 Å². The van der Waals surface area contributed by atoms with Crippen LogP contribution >= 0.6 is 11.6 Å². The largest absolute Gasteiger partial charge is 0.352 e. The summed E-state index contributed by atoms with van der Waals surface area (Å²) < 4.78 is 0. The van der Waals surface area contributed by atoms with Gasteiger partial charge in [0.1, 0.15) is 0 Å². The first-order valence-electron chi connectivity index (χ1n) is 7.38.